The van der Waals surface area contributed by atoms with Gasteiger partial charge in [0.05, 0.1) is 19.1 Å². The van der Waals surface area contributed by atoms with Crippen LogP contribution in [0.15, 0.2) is 47.4 Å². The molecule has 32 heavy (non-hydrogen) atoms. The second-order valence-corrected chi connectivity index (χ2v) is 9.68. The number of sulfonamides is 1. The van der Waals surface area contributed by atoms with Crippen LogP contribution in [0.3, 0.4) is 0 Å². The van der Waals surface area contributed by atoms with Gasteiger partial charge in [0.25, 0.3) is 0 Å². The maximum atomic E-state index is 12.3. The molecule has 2 rings (SSSR count). The highest BCUT2D eigenvalue weighted by molar-refractivity contribution is 7.89. The van der Waals surface area contributed by atoms with E-state index in [1.54, 1.807) is 26.4 Å². The summed E-state index contributed by atoms with van der Waals surface area (Å²) >= 11 is 10.5. The summed E-state index contributed by atoms with van der Waals surface area (Å²) in [6.45, 7) is 0.591. The van der Waals surface area contributed by atoms with E-state index < -0.39 is 10.0 Å². The predicted molar refractivity (Wildman–Crippen MR) is 134 cm³/mol. The van der Waals surface area contributed by atoms with Gasteiger partial charge in [0.1, 0.15) is 0 Å². The molecule has 4 N–H and O–H groups in total. The van der Waals surface area contributed by atoms with Crippen molar-refractivity contribution in [2.24, 2.45) is 0 Å². The first kappa shape index (κ1) is 25.6. The van der Waals surface area contributed by atoms with E-state index in [2.05, 4.69) is 21.5 Å². The van der Waals surface area contributed by atoms with Gasteiger partial charge in [-0.2, -0.15) is 0 Å². The van der Waals surface area contributed by atoms with Crippen molar-refractivity contribution in [1.82, 2.24) is 20.5 Å². The van der Waals surface area contributed by atoms with Crippen molar-refractivity contribution in [3.8, 4) is 11.5 Å². The smallest absolute Gasteiger partial charge is 0.242 e. The number of hydrazine groups is 1. The number of methoxy groups -OCH3 is 2. The maximum absolute atomic E-state index is 12.3. The SMILES string of the molecule is COc1ccc(CCNC(=S)NNC(=S)Nc2cccc(S(=O)(=O)N(C)C)c2)cc1OC. The molecule has 0 saturated heterocycles. The van der Waals surface area contributed by atoms with Gasteiger partial charge in [-0.1, -0.05) is 12.1 Å². The number of anilines is 1. The molecule has 0 aromatic heterocycles. The average Bonchev–Trinajstić information content (AvgIpc) is 2.77. The molecule has 0 heterocycles. The molecule has 0 unspecified atom stereocenters. The van der Waals surface area contributed by atoms with Crippen LogP contribution < -0.4 is 31.0 Å². The molecule has 0 atom stereocenters. The topological polar surface area (TPSA) is 104 Å². The molecule has 0 aliphatic heterocycles. The van der Waals surface area contributed by atoms with Gasteiger partial charge in [0.2, 0.25) is 10.0 Å². The van der Waals surface area contributed by atoms with Crippen LogP contribution in [0, 0.1) is 0 Å². The molecule has 0 aliphatic carbocycles. The molecule has 0 bridgehead atoms. The summed E-state index contributed by atoms with van der Waals surface area (Å²) in [4.78, 5) is 0.163. The lowest BCUT2D eigenvalue weighted by atomic mass is 10.1. The predicted octanol–water partition coefficient (Wildman–Crippen LogP) is 1.86. The number of benzene rings is 2. The molecular formula is C20H27N5O4S3. The quantitative estimate of drug-likeness (QED) is 0.319. The van der Waals surface area contributed by atoms with E-state index in [0.717, 1.165) is 16.3 Å². The van der Waals surface area contributed by atoms with E-state index >= 15 is 0 Å². The number of thiocarbonyl (C=S) groups is 2. The zero-order chi connectivity index (χ0) is 23.7. The normalized spacial score (nSPS) is 10.9. The first-order chi connectivity index (χ1) is 15.2. The molecule has 0 aliphatic rings. The van der Waals surface area contributed by atoms with E-state index in [-0.39, 0.29) is 10.0 Å². The second-order valence-electron chi connectivity index (χ2n) is 6.71. The fraction of sp³-hybridized carbons (Fsp3) is 0.300. The van der Waals surface area contributed by atoms with Crippen LogP contribution in [-0.4, -0.2) is 57.8 Å². The molecule has 2 aromatic rings. The number of hydrogen-bond donors (Lipinski definition) is 4. The lowest BCUT2D eigenvalue weighted by Crippen LogP contribution is -2.48. The Balaban J connectivity index is 1.79. The summed E-state index contributed by atoms with van der Waals surface area (Å²) in [5.74, 6) is 1.35. The van der Waals surface area contributed by atoms with Gasteiger partial charge in [-0.25, -0.2) is 12.7 Å². The summed E-state index contributed by atoms with van der Waals surface area (Å²) in [5.41, 5.74) is 7.15. The molecule has 9 nitrogen and oxygen atoms in total. The number of hydrogen-bond acceptors (Lipinski definition) is 6. The van der Waals surface area contributed by atoms with Crippen molar-refractivity contribution in [3.05, 3.63) is 48.0 Å². The summed E-state index contributed by atoms with van der Waals surface area (Å²) in [6, 6.07) is 12.1. The standard InChI is InChI=1S/C20H27N5O4S3/c1-25(2)32(26,27)16-7-5-6-15(13-16)22-20(31)24-23-19(30)21-11-10-14-8-9-17(28-3)18(12-14)29-4/h5-9,12-13H,10-11H2,1-4H3,(H2,21,23,30)(H2,22,24,31). The van der Waals surface area contributed by atoms with Gasteiger partial charge in [0, 0.05) is 26.3 Å². The van der Waals surface area contributed by atoms with Crippen LogP contribution in [0.4, 0.5) is 5.69 Å². The highest BCUT2D eigenvalue weighted by Crippen LogP contribution is 2.27. The van der Waals surface area contributed by atoms with E-state index in [9.17, 15) is 8.42 Å². The van der Waals surface area contributed by atoms with Gasteiger partial charge in [-0.05, 0) is 66.8 Å². The Labute approximate surface area is 199 Å². The summed E-state index contributed by atoms with van der Waals surface area (Å²) in [7, 11) is 2.61. The number of nitrogens with one attached hydrogen (secondary N) is 4. The fourth-order valence-corrected chi connectivity index (χ4v) is 3.89. The lowest BCUT2D eigenvalue weighted by molar-refractivity contribution is 0.354. The van der Waals surface area contributed by atoms with Gasteiger partial charge >= 0.3 is 0 Å². The number of nitrogens with zero attached hydrogens (tertiary/aromatic N) is 1. The largest absolute Gasteiger partial charge is 0.493 e. The van der Waals surface area contributed by atoms with Crippen LogP contribution in [0.1, 0.15) is 5.56 Å². The Bertz CT molecular complexity index is 1060. The summed E-state index contributed by atoms with van der Waals surface area (Å²) < 4.78 is 36.2. The molecule has 174 valence electrons. The summed E-state index contributed by atoms with van der Waals surface area (Å²) in [6.07, 6.45) is 0.720. The van der Waals surface area contributed by atoms with E-state index in [0.29, 0.717) is 28.8 Å². The van der Waals surface area contributed by atoms with Crippen LogP contribution in [-0.2, 0) is 16.4 Å². The molecule has 12 heteroatoms. The molecule has 0 fully saturated rings. The Hall–Kier alpha value is -2.67. The third kappa shape index (κ3) is 7.19. The second kappa shape index (κ2) is 11.8. The van der Waals surface area contributed by atoms with Crippen molar-refractivity contribution in [2.45, 2.75) is 11.3 Å². The molecule has 0 spiro atoms. The minimum absolute atomic E-state index is 0.163. The van der Waals surface area contributed by atoms with Crippen molar-refractivity contribution >= 4 is 50.4 Å². The average molecular weight is 498 g/mol. The Morgan fingerprint density at radius 2 is 1.66 bits per heavy atom. The third-order valence-corrected chi connectivity index (χ3v) is 6.57. The molecular weight excluding hydrogens is 470 g/mol. The van der Waals surface area contributed by atoms with Crippen molar-refractivity contribution in [2.75, 3.05) is 40.2 Å². The van der Waals surface area contributed by atoms with Gasteiger partial charge < -0.3 is 20.1 Å². The van der Waals surface area contributed by atoms with Crippen LogP contribution in [0.25, 0.3) is 0 Å². The molecule has 0 saturated carbocycles. The van der Waals surface area contributed by atoms with Gasteiger partial charge in [-0.3, -0.25) is 10.9 Å². The Kier molecular flexibility index (Phi) is 9.44. The molecule has 0 amide bonds. The zero-order valence-electron chi connectivity index (χ0n) is 18.3. The van der Waals surface area contributed by atoms with Gasteiger partial charge in [0.15, 0.2) is 21.7 Å². The van der Waals surface area contributed by atoms with Crippen LogP contribution in [0.5, 0.6) is 11.5 Å². The van der Waals surface area contributed by atoms with Crippen LogP contribution >= 0.6 is 24.4 Å². The molecule has 0 radical (unpaired) electrons. The first-order valence-corrected chi connectivity index (χ1v) is 11.8. The fourth-order valence-electron chi connectivity index (χ4n) is 2.62. The van der Waals surface area contributed by atoms with E-state index in [1.807, 2.05) is 18.2 Å². The lowest BCUT2D eigenvalue weighted by Gasteiger charge is -2.16. The highest BCUT2D eigenvalue weighted by atomic mass is 32.2. The number of rotatable bonds is 8. The Morgan fingerprint density at radius 3 is 2.31 bits per heavy atom. The van der Waals surface area contributed by atoms with Crippen molar-refractivity contribution in [3.63, 3.8) is 0 Å². The summed E-state index contributed by atoms with van der Waals surface area (Å²) in [5, 5.41) is 6.58. The van der Waals surface area contributed by atoms with Gasteiger partial charge in [-0.15, -0.1) is 0 Å². The van der Waals surface area contributed by atoms with E-state index in [1.165, 1.54) is 26.2 Å². The maximum Gasteiger partial charge on any atom is 0.242 e. The zero-order valence-corrected chi connectivity index (χ0v) is 20.7. The van der Waals surface area contributed by atoms with Crippen molar-refractivity contribution < 1.29 is 17.9 Å². The highest BCUT2D eigenvalue weighted by Gasteiger charge is 2.17. The minimum Gasteiger partial charge on any atom is -0.493 e. The number of ether oxygens (including phenoxy) is 2. The van der Waals surface area contributed by atoms with E-state index in [4.69, 9.17) is 33.9 Å². The minimum atomic E-state index is -3.53. The van der Waals surface area contributed by atoms with Crippen LogP contribution in [0.2, 0.25) is 0 Å². The van der Waals surface area contributed by atoms with Crippen molar-refractivity contribution in [1.29, 1.82) is 0 Å². The molecule has 2 aromatic carbocycles. The monoisotopic (exact) mass is 497 g/mol. The first-order valence-electron chi connectivity index (χ1n) is 9.51. The Morgan fingerprint density at radius 1 is 0.969 bits per heavy atom. The third-order valence-electron chi connectivity index (χ3n) is 4.31.